The van der Waals surface area contributed by atoms with E-state index >= 15 is 0 Å². The average molecular weight is 267 g/mol. The Morgan fingerprint density at radius 2 is 2.26 bits per heavy atom. The maximum Gasteiger partial charge on any atom is 0.125 e. The number of halogens is 1. The molecule has 19 heavy (non-hydrogen) atoms. The van der Waals surface area contributed by atoms with Gasteiger partial charge < -0.3 is 15.2 Å². The number of benzene rings is 1. The summed E-state index contributed by atoms with van der Waals surface area (Å²) in [4.78, 5) is 0. The highest BCUT2D eigenvalue weighted by Crippen LogP contribution is 2.36. The molecule has 0 aliphatic carbocycles. The molecule has 1 fully saturated rings. The first-order valence-corrected chi connectivity index (χ1v) is 6.79. The van der Waals surface area contributed by atoms with E-state index in [1.807, 2.05) is 6.07 Å². The molecule has 0 saturated carbocycles. The summed E-state index contributed by atoms with van der Waals surface area (Å²) in [6, 6.07) is 6.35. The number of aliphatic hydroxyl groups is 1. The maximum atomic E-state index is 13.2. The zero-order valence-electron chi connectivity index (χ0n) is 11.6. The van der Waals surface area contributed by atoms with E-state index in [0.717, 1.165) is 12.8 Å². The fraction of sp³-hybridized carbons (Fsp3) is 0.600. The Hall–Kier alpha value is -1.13. The second-order valence-corrected chi connectivity index (χ2v) is 5.65. The maximum absolute atomic E-state index is 13.2. The summed E-state index contributed by atoms with van der Waals surface area (Å²) in [6.45, 7) is 4.76. The van der Waals surface area contributed by atoms with Crippen LogP contribution in [0.15, 0.2) is 24.3 Å². The van der Waals surface area contributed by atoms with E-state index < -0.39 is 5.54 Å². The first-order chi connectivity index (χ1) is 9.01. The normalized spacial score (nSPS) is 31.2. The molecular formula is C15H22FNO2. The molecule has 2 atom stereocenters. The Morgan fingerprint density at radius 3 is 2.89 bits per heavy atom. The second-order valence-electron chi connectivity index (χ2n) is 5.65. The molecule has 2 N–H and O–H groups in total. The SMILES string of the molecule is CCC1(C)CC(CO)(Nc2cccc(F)c2)CCO1. The quantitative estimate of drug-likeness (QED) is 0.881. The van der Waals surface area contributed by atoms with Gasteiger partial charge in [0.25, 0.3) is 0 Å². The van der Waals surface area contributed by atoms with Crippen LogP contribution < -0.4 is 5.32 Å². The number of nitrogens with one attached hydrogen (secondary N) is 1. The lowest BCUT2D eigenvalue weighted by molar-refractivity contribution is -0.0973. The molecule has 1 aliphatic heterocycles. The van der Waals surface area contributed by atoms with E-state index in [2.05, 4.69) is 19.2 Å². The second kappa shape index (κ2) is 5.47. The van der Waals surface area contributed by atoms with Crippen LogP contribution in [-0.2, 0) is 4.74 Å². The number of rotatable bonds is 4. The minimum Gasteiger partial charge on any atom is -0.394 e. The van der Waals surface area contributed by atoms with Crippen LogP contribution >= 0.6 is 0 Å². The third kappa shape index (κ3) is 3.25. The molecule has 2 rings (SSSR count). The molecule has 0 radical (unpaired) electrons. The van der Waals surface area contributed by atoms with Crippen LogP contribution in [0.4, 0.5) is 10.1 Å². The lowest BCUT2D eigenvalue weighted by Gasteiger charge is -2.46. The van der Waals surface area contributed by atoms with E-state index in [9.17, 15) is 9.50 Å². The largest absolute Gasteiger partial charge is 0.394 e. The smallest absolute Gasteiger partial charge is 0.125 e. The minimum atomic E-state index is -0.434. The molecule has 1 heterocycles. The van der Waals surface area contributed by atoms with Crippen molar-refractivity contribution in [1.82, 2.24) is 0 Å². The van der Waals surface area contributed by atoms with Gasteiger partial charge in [0.15, 0.2) is 0 Å². The van der Waals surface area contributed by atoms with E-state index in [1.165, 1.54) is 12.1 Å². The molecule has 1 saturated heterocycles. The van der Waals surface area contributed by atoms with Crippen LogP contribution in [0.3, 0.4) is 0 Å². The standard InChI is InChI=1S/C15H22FNO2/c1-3-14(2)10-15(11-18,7-8-19-14)17-13-6-4-5-12(16)9-13/h4-6,9,17-18H,3,7-8,10-11H2,1-2H3. The van der Waals surface area contributed by atoms with Gasteiger partial charge in [0.2, 0.25) is 0 Å². The first-order valence-electron chi connectivity index (χ1n) is 6.79. The van der Waals surface area contributed by atoms with E-state index in [1.54, 1.807) is 6.07 Å². The van der Waals surface area contributed by atoms with Crippen molar-refractivity contribution >= 4 is 5.69 Å². The summed E-state index contributed by atoms with van der Waals surface area (Å²) in [7, 11) is 0. The number of hydrogen-bond acceptors (Lipinski definition) is 3. The van der Waals surface area contributed by atoms with Crippen molar-refractivity contribution in [3.8, 4) is 0 Å². The molecule has 2 unspecified atom stereocenters. The minimum absolute atomic E-state index is 0.0163. The van der Waals surface area contributed by atoms with Crippen LogP contribution in [0.25, 0.3) is 0 Å². The molecule has 0 amide bonds. The van der Waals surface area contributed by atoms with Gasteiger partial charge in [0.05, 0.1) is 17.7 Å². The number of ether oxygens (including phenoxy) is 1. The number of anilines is 1. The van der Waals surface area contributed by atoms with Gasteiger partial charge in [-0.25, -0.2) is 4.39 Å². The van der Waals surface area contributed by atoms with Gasteiger partial charge in [0.1, 0.15) is 5.82 Å². The molecule has 0 bridgehead atoms. The van der Waals surface area contributed by atoms with Crippen molar-refractivity contribution in [2.45, 2.75) is 44.2 Å². The lowest BCUT2D eigenvalue weighted by atomic mass is 9.79. The number of aliphatic hydroxyl groups excluding tert-OH is 1. The third-order valence-corrected chi connectivity index (χ3v) is 4.03. The Bertz CT molecular complexity index is 440. The molecule has 106 valence electrons. The Balaban J connectivity index is 2.18. The van der Waals surface area contributed by atoms with Crippen molar-refractivity contribution in [3.63, 3.8) is 0 Å². The molecule has 1 aliphatic rings. The topological polar surface area (TPSA) is 41.5 Å². The van der Waals surface area contributed by atoms with Gasteiger partial charge in [-0.05, 0) is 38.0 Å². The van der Waals surface area contributed by atoms with E-state index in [0.29, 0.717) is 18.7 Å². The fourth-order valence-electron chi connectivity index (χ4n) is 2.73. The van der Waals surface area contributed by atoms with Crippen LogP contribution in [0.1, 0.15) is 33.1 Å². The van der Waals surface area contributed by atoms with Crippen LogP contribution in [0.5, 0.6) is 0 Å². The lowest BCUT2D eigenvalue weighted by Crippen LogP contribution is -2.54. The van der Waals surface area contributed by atoms with Crippen LogP contribution in [0.2, 0.25) is 0 Å². The van der Waals surface area contributed by atoms with Crippen molar-refractivity contribution in [3.05, 3.63) is 30.1 Å². The van der Waals surface area contributed by atoms with Crippen molar-refractivity contribution in [2.75, 3.05) is 18.5 Å². The molecule has 1 aromatic carbocycles. The molecule has 4 heteroatoms. The zero-order valence-corrected chi connectivity index (χ0v) is 11.6. The molecule has 0 aromatic heterocycles. The Morgan fingerprint density at radius 1 is 1.47 bits per heavy atom. The average Bonchev–Trinajstić information content (AvgIpc) is 2.39. The summed E-state index contributed by atoms with van der Waals surface area (Å²) >= 11 is 0. The Labute approximate surface area is 113 Å². The van der Waals surface area contributed by atoms with Gasteiger partial charge in [-0.15, -0.1) is 0 Å². The summed E-state index contributed by atoms with van der Waals surface area (Å²) in [5.74, 6) is -0.275. The van der Waals surface area contributed by atoms with Crippen molar-refractivity contribution in [2.24, 2.45) is 0 Å². The van der Waals surface area contributed by atoms with Gasteiger partial charge in [-0.2, -0.15) is 0 Å². The van der Waals surface area contributed by atoms with E-state index in [4.69, 9.17) is 4.74 Å². The van der Waals surface area contributed by atoms with Gasteiger partial charge >= 0.3 is 0 Å². The molecule has 3 nitrogen and oxygen atoms in total. The molecule has 0 spiro atoms. The molecular weight excluding hydrogens is 245 g/mol. The predicted octanol–water partition coefficient (Wildman–Crippen LogP) is 2.95. The van der Waals surface area contributed by atoms with E-state index in [-0.39, 0.29) is 18.0 Å². The summed E-state index contributed by atoms with van der Waals surface area (Å²) in [5, 5.41) is 13.1. The summed E-state index contributed by atoms with van der Waals surface area (Å²) in [5.41, 5.74) is 0.0346. The summed E-state index contributed by atoms with van der Waals surface area (Å²) in [6.07, 6.45) is 2.32. The first kappa shape index (κ1) is 14.3. The highest BCUT2D eigenvalue weighted by atomic mass is 19.1. The Kier molecular flexibility index (Phi) is 4.11. The highest BCUT2D eigenvalue weighted by Gasteiger charge is 2.42. The van der Waals surface area contributed by atoms with Crippen LogP contribution in [-0.4, -0.2) is 29.5 Å². The summed E-state index contributed by atoms with van der Waals surface area (Å²) < 4.78 is 19.0. The van der Waals surface area contributed by atoms with Gasteiger partial charge in [-0.3, -0.25) is 0 Å². The third-order valence-electron chi connectivity index (χ3n) is 4.03. The van der Waals surface area contributed by atoms with Crippen LogP contribution in [0, 0.1) is 5.82 Å². The monoisotopic (exact) mass is 267 g/mol. The van der Waals surface area contributed by atoms with Crippen molar-refractivity contribution in [1.29, 1.82) is 0 Å². The number of hydrogen-bond donors (Lipinski definition) is 2. The van der Waals surface area contributed by atoms with Gasteiger partial charge in [-0.1, -0.05) is 13.0 Å². The fourth-order valence-corrected chi connectivity index (χ4v) is 2.73. The molecule has 1 aromatic rings. The highest BCUT2D eigenvalue weighted by molar-refractivity contribution is 5.46. The zero-order chi connectivity index (χ0) is 13.9. The van der Waals surface area contributed by atoms with Gasteiger partial charge in [0, 0.05) is 18.7 Å². The predicted molar refractivity (Wildman–Crippen MR) is 73.7 cm³/mol. The van der Waals surface area contributed by atoms with Crippen molar-refractivity contribution < 1.29 is 14.2 Å².